The Bertz CT molecular complexity index is 546. The molecule has 0 unspecified atom stereocenters. The number of likely N-dealkylation sites (tertiary alicyclic amines) is 1. The van der Waals surface area contributed by atoms with Gasteiger partial charge in [-0.1, -0.05) is 0 Å². The van der Waals surface area contributed by atoms with E-state index in [2.05, 4.69) is 4.98 Å². The molecule has 0 N–H and O–H groups in total. The van der Waals surface area contributed by atoms with Crippen LogP contribution < -0.4 is 4.74 Å². The first-order valence-corrected chi connectivity index (χ1v) is 8.06. The van der Waals surface area contributed by atoms with Gasteiger partial charge < -0.3 is 14.4 Å². The number of aromatic nitrogens is 1. The van der Waals surface area contributed by atoms with Crippen LogP contribution in [0.4, 0.5) is 8.78 Å². The number of amides is 1. The minimum absolute atomic E-state index is 0.0637. The molecule has 5 nitrogen and oxygen atoms in total. The zero-order valence-corrected chi connectivity index (χ0v) is 14.3. The van der Waals surface area contributed by atoms with E-state index in [1.165, 1.54) is 11.1 Å². The number of hydrogen-bond donors (Lipinski definition) is 0. The Morgan fingerprint density at radius 2 is 1.92 bits per heavy atom. The van der Waals surface area contributed by atoms with Crippen LogP contribution >= 0.6 is 0 Å². The van der Waals surface area contributed by atoms with Crippen molar-refractivity contribution < 1.29 is 23.0 Å². The van der Waals surface area contributed by atoms with E-state index >= 15 is 0 Å². The van der Waals surface area contributed by atoms with Gasteiger partial charge in [0.15, 0.2) is 0 Å². The van der Waals surface area contributed by atoms with Crippen molar-refractivity contribution in [3.63, 3.8) is 0 Å². The number of halogens is 2. The van der Waals surface area contributed by atoms with E-state index in [0.29, 0.717) is 24.7 Å². The Hall–Kier alpha value is -1.76. The number of hydrogen-bond acceptors (Lipinski definition) is 4. The Morgan fingerprint density at radius 3 is 2.46 bits per heavy atom. The predicted octanol–water partition coefficient (Wildman–Crippen LogP) is 3.15. The summed E-state index contributed by atoms with van der Waals surface area (Å²) >= 11 is 0. The summed E-state index contributed by atoms with van der Waals surface area (Å²) in [6.07, 6.45) is 0.831. The molecule has 7 heteroatoms. The average Bonchev–Trinajstić information content (AvgIpc) is 2.51. The maximum Gasteiger partial charge on any atom is 0.255 e. The van der Waals surface area contributed by atoms with Gasteiger partial charge >= 0.3 is 0 Å². The normalized spacial score (nSPS) is 17.6. The fourth-order valence-corrected chi connectivity index (χ4v) is 2.31. The molecule has 0 spiro atoms. The lowest BCUT2D eigenvalue weighted by Crippen LogP contribution is -2.42. The van der Waals surface area contributed by atoms with Crippen molar-refractivity contribution in [2.45, 2.75) is 45.1 Å². The van der Waals surface area contributed by atoms with E-state index in [4.69, 9.17) is 9.47 Å². The number of ether oxygens (including phenoxy) is 2. The summed E-state index contributed by atoms with van der Waals surface area (Å²) in [5.41, 5.74) is 0.150. The van der Waals surface area contributed by atoms with Gasteiger partial charge in [0.2, 0.25) is 5.88 Å². The molecule has 0 atom stereocenters. The number of pyridine rings is 1. The molecule has 1 aromatic rings. The van der Waals surface area contributed by atoms with Gasteiger partial charge in [0, 0.05) is 38.2 Å². The van der Waals surface area contributed by atoms with E-state index in [9.17, 15) is 13.6 Å². The molecule has 1 aliphatic heterocycles. The van der Waals surface area contributed by atoms with Gasteiger partial charge in [0.25, 0.3) is 11.8 Å². The third-order valence-electron chi connectivity index (χ3n) is 3.63. The molecule has 1 saturated heterocycles. The van der Waals surface area contributed by atoms with Gasteiger partial charge in [-0.25, -0.2) is 13.8 Å². The summed E-state index contributed by atoms with van der Waals surface area (Å²) < 4.78 is 37.3. The van der Waals surface area contributed by atoms with E-state index in [1.54, 1.807) is 12.1 Å². The highest BCUT2D eigenvalue weighted by Crippen LogP contribution is 2.28. The molecule has 0 aliphatic carbocycles. The summed E-state index contributed by atoms with van der Waals surface area (Å²) in [6, 6.07) is 3.20. The van der Waals surface area contributed by atoms with Gasteiger partial charge in [-0.05, 0) is 26.8 Å². The Morgan fingerprint density at radius 1 is 1.25 bits per heavy atom. The molecule has 24 heavy (non-hydrogen) atoms. The quantitative estimate of drug-likeness (QED) is 0.772. The first-order chi connectivity index (χ1) is 11.2. The largest absolute Gasteiger partial charge is 0.475 e. The third-order valence-corrected chi connectivity index (χ3v) is 3.63. The molecule has 0 saturated carbocycles. The van der Waals surface area contributed by atoms with E-state index in [1.807, 2.05) is 20.8 Å². The van der Waals surface area contributed by atoms with Crippen molar-refractivity contribution in [1.29, 1.82) is 0 Å². The maximum absolute atomic E-state index is 13.1. The van der Waals surface area contributed by atoms with E-state index in [0.717, 1.165) is 0 Å². The van der Waals surface area contributed by atoms with Crippen LogP contribution in [0.2, 0.25) is 0 Å². The molecule has 1 aromatic heterocycles. The molecule has 134 valence electrons. The van der Waals surface area contributed by atoms with Crippen LogP contribution in [-0.2, 0) is 4.74 Å². The molecular formula is C17H24F2N2O3. The summed E-state index contributed by atoms with van der Waals surface area (Å²) in [5, 5.41) is 0. The molecule has 1 amide bonds. The van der Waals surface area contributed by atoms with Gasteiger partial charge in [-0.15, -0.1) is 0 Å². The van der Waals surface area contributed by atoms with Crippen LogP contribution in [-0.4, -0.2) is 53.6 Å². The maximum atomic E-state index is 13.1. The minimum atomic E-state index is -2.66. The Kier molecular flexibility index (Phi) is 5.74. The smallest absolute Gasteiger partial charge is 0.255 e. The van der Waals surface area contributed by atoms with Gasteiger partial charge in [0.05, 0.1) is 17.8 Å². The molecule has 0 radical (unpaired) electrons. The van der Waals surface area contributed by atoms with Crippen LogP contribution in [0, 0.1) is 0 Å². The topological polar surface area (TPSA) is 51.7 Å². The van der Waals surface area contributed by atoms with E-state index in [-0.39, 0.29) is 37.4 Å². The highest BCUT2D eigenvalue weighted by molar-refractivity contribution is 5.94. The molecular weight excluding hydrogens is 318 g/mol. The fourth-order valence-electron chi connectivity index (χ4n) is 2.31. The Balaban J connectivity index is 1.82. The second-order valence-electron chi connectivity index (χ2n) is 6.84. The molecule has 0 aromatic carbocycles. The number of alkyl halides is 2. The van der Waals surface area contributed by atoms with Gasteiger partial charge in [0.1, 0.15) is 6.61 Å². The molecule has 2 rings (SSSR count). The van der Waals surface area contributed by atoms with Crippen molar-refractivity contribution in [2.75, 3.05) is 26.3 Å². The van der Waals surface area contributed by atoms with Crippen molar-refractivity contribution in [3.05, 3.63) is 23.9 Å². The number of rotatable bonds is 5. The number of carbonyl (C=O) groups excluding carboxylic acids is 1. The lowest BCUT2D eigenvalue weighted by molar-refractivity contribution is -0.0494. The average molecular weight is 342 g/mol. The summed E-state index contributed by atoms with van der Waals surface area (Å²) in [4.78, 5) is 17.8. The van der Waals surface area contributed by atoms with Crippen LogP contribution in [0.5, 0.6) is 5.88 Å². The first kappa shape index (κ1) is 18.6. The highest BCUT2D eigenvalue weighted by atomic mass is 19.3. The zero-order chi connectivity index (χ0) is 17.8. The van der Waals surface area contributed by atoms with Crippen molar-refractivity contribution in [2.24, 2.45) is 0 Å². The zero-order valence-electron chi connectivity index (χ0n) is 14.3. The fraction of sp³-hybridized carbons (Fsp3) is 0.647. The van der Waals surface area contributed by atoms with Crippen LogP contribution in [0.15, 0.2) is 18.3 Å². The number of carbonyl (C=O) groups is 1. The summed E-state index contributed by atoms with van der Waals surface area (Å²) in [5.74, 6) is -2.54. The molecule has 1 fully saturated rings. The SMILES string of the molecule is CC(C)(C)OCCOc1ccc(C(=O)N2CCC(F)(F)CC2)cn1. The molecule has 2 heterocycles. The molecule has 1 aliphatic rings. The number of piperidine rings is 1. The van der Waals surface area contributed by atoms with Crippen molar-refractivity contribution >= 4 is 5.91 Å². The summed E-state index contributed by atoms with van der Waals surface area (Å²) in [6.45, 7) is 6.81. The lowest BCUT2D eigenvalue weighted by Gasteiger charge is -2.31. The van der Waals surface area contributed by atoms with Crippen molar-refractivity contribution in [1.82, 2.24) is 9.88 Å². The third kappa shape index (κ3) is 5.70. The second kappa shape index (κ2) is 7.42. The van der Waals surface area contributed by atoms with Crippen molar-refractivity contribution in [3.8, 4) is 5.88 Å². The van der Waals surface area contributed by atoms with Gasteiger partial charge in [-0.2, -0.15) is 0 Å². The van der Waals surface area contributed by atoms with Crippen LogP contribution in [0.3, 0.4) is 0 Å². The monoisotopic (exact) mass is 342 g/mol. The predicted molar refractivity (Wildman–Crippen MR) is 85.5 cm³/mol. The van der Waals surface area contributed by atoms with E-state index < -0.39 is 5.92 Å². The Labute approximate surface area is 141 Å². The first-order valence-electron chi connectivity index (χ1n) is 8.06. The second-order valence-corrected chi connectivity index (χ2v) is 6.84. The molecule has 0 bridgehead atoms. The van der Waals surface area contributed by atoms with Gasteiger partial charge in [-0.3, -0.25) is 4.79 Å². The lowest BCUT2D eigenvalue weighted by atomic mass is 10.1. The van der Waals surface area contributed by atoms with Crippen LogP contribution in [0.1, 0.15) is 44.0 Å². The number of nitrogens with zero attached hydrogens (tertiary/aromatic N) is 2. The summed E-state index contributed by atoms with van der Waals surface area (Å²) in [7, 11) is 0. The highest BCUT2D eigenvalue weighted by Gasteiger charge is 2.35. The van der Waals surface area contributed by atoms with Crippen LogP contribution in [0.25, 0.3) is 0 Å². The minimum Gasteiger partial charge on any atom is -0.475 e. The standard InChI is InChI=1S/C17H24F2N2O3/c1-16(2,3)24-11-10-23-14-5-4-13(12-20-14)15(22)21-8-6-17(18,19)7-9-21/h4-5,12H,6-11H2,1-3H3.